The topological polar surface area (TPSA) is 21.3 Å². The Kier molecular flexibility index (Phi) is 3.31. The van der Waals surface area contributed by atoms with Crippen LogP contribution in [0.4, 0.5) is 0 Å². The van der Waals surface area contributed by atoms with Crippen LogP contribution in [0.5, 0.6) is 0 Å². The summed E-state index contributed by atoms with van der Waals surface area (Å²) in [6.07, 6.45) is 8.32. The van der Waals surface area contributed by atoms with E-state index in [9.17, 15) is 0 Å². The van der Waals surface area contributed by atoms with E-state index >= 15 is 0 Å². The maximum Gasteiger partial charge on any atom is 0.0601 e. The minimum absolute atomic E-state index is 0.508. The van der Waals surface area contributed by atoms with Crippen LogP contribution in [0.2, 0.25) is 0 Å². The highest BCUT2D eigenvalue weighted by atomic mass is 16.5. The van der Waals surface area contributed by atoms with Crippen molar-refractivity contribution in [3.05, 3.63) is 35.4 Å². The van der Waals surface area contributed by atoms with Crippen molar-refractivity contribution in [1.29, 1.82) is 0 Å². The van der Waals surface area contributed by atoms with Crippen molar-refractivity contribution < 1.29 is 4.74 Å². The molecule has 20 heavy (non-hydrogen) atoms. The molecule has 2 saturated carbocycles. The molecular weight excluding hydrogens is 246 g/mol. The fraction of sp³-hybridized carbons (Fsp3) is 0.667. The highest BCUT2D eigenvalue weighted by Gasteiger charge is 2.41. The number of hydrogen-bond acceptors (Lipinski definition) is 2. The molecule has 2 atom stereocenters. The smallest absolute Gasteiger partial charge is 0.0601 e. The Hall–Kier alpha value is -0.860. The number of nitrogens with one attached hydrogen (secondary N) is 1. The maximum atomic E-state index is 5.41. The molecule has 2 unspecified atom stereocenters. The van der Waals surface area contributed by atoms with E-state index in [1.165, 1.54) is 38.5 Å². The van der Waals surface area contributed by atoms with Gasteiger partial charge in [0, 0.05) is 19.2 Å². The number of ether oxygens (including phenoxy) is 1. The summed E-state index contributed by atoms with van der Waals surface area (Å²) in [5.41, 5.74) is 3.21. The predicted octanol–water partition coefficient (Wildman–Crippen LogP) is 2.95. The van der Waals surface area contributed by atoms with Gasteiger partial charge < -0.3 is 10.1 Å². The van der Waals surface area contributed by atoms with E-state index in [-0.39, 0.29) is 0 Å². The van der Waals surface area contributed by atoms with Crippen LogP contribution in [0.3, 0.4) is 0 Å². The van der Waals surface area contributed by atoms with Gasteiger partial charge in [0.05, 0.1) is 6.10 Å². The lowest BCUT2D eigenvalue weighted by molar-refractivity contribution is 0.0110. The molecule has 2 nitrogen and oxygen atoms in total. The first-order valence-electron chi connectivity index (χ1n) is 8.19. The summed E-state index contributed by atoms with van der Waals surface area (Å²) in [6, 6.07) is 10.5. The number of fused-ring (bicyclic) bond motifs is 3. The van der Waals surface area contributed by atoms with E-state index in [1.54, 1.807) is 11.1 Å². The van der Waals surface area contributed by atoms with E-state index < -0.39 is 0 Å². The SMILES string of the molecule is COC1CC(NC2C3CCC2Cc2ccccc2C3)C1. The largest absolute Gasteiger partial charge is 0.381 e. The molecule has 3 aliphatic rings. The minimum atomic E-state index is 0.508. The second kappa shape index (κ2) is 5.16. The van der Waals surface area contributed by atoms with E-state index in [4.69, 9.17) is 4.74 Å². The van der Waals surface area contributed by atoms with Crippen molar-refractivity contribution in [3.63, 3.8) is 0 Å². The Bertz CT molecular complexity index is 447. The summed E-state index contributed by atoms with van der Waals surface area (Å²) in [4.78, 5) is 0. The molecule has 1 aromatic carbocycles. The fourth-order valence-corrected chi connectivity index (χ4v) is 4.59. The zero-order valence-corrected chi connectivity index (χ0v) is 12.3. The third kappa shape index (κ3) is 2.19. The fourth-order valence-electron chi connectivity index (χ4n) is 4.59. The third-order valence-corrected chi connectivity index (χ3v) is 5.86. The van der Waals surface area contributed by atoms with Crippen molar-refractivity contribution >= 4 is 0 Å². The first kappa shape index (κ1) is 12.8. The molecule has 0 heterocycles. The number of benzene rings is 1. The van der Waals surface area contributed by atoms with Gasteiger partial charge in [0.25, 0.3) is 0 Å². The van der Waals surface area contributed by atoms with Gasteiger partial charge in [0.15, 0.2) is 0 Å². The maximum absolute atomic E-state index is 5.41. The van der Waals surface area contributed by atoms with E-state index in [0.717, 1.165) is 17.9 Å². The lowest BCUT2D eigenvalue weighted by Gasteiger charge is -2.39. The monoisotopic (exact) mass is 271 g/mol. The molecule has 0 amide bonds. The van der Waals surface area contributed by atoms with Crippen molar-refractivity contribution in [3.8, 4) is 0 Å². The minimum Gasteiger partial charge on any atom is -0.381 e. The first-order chi connectivity index (χ1) is 9.83. The molecule has 0 radical (unpaired) electrons. The predicted molar refractivity (Wildman–Crippen MR) is 80.8 cm³/mol. The van der Waals surface area contributed by atoms with Gasteiger partial charge in [-0.2, -0.15) is 0 Å². The van der Waals surface area contributed by atoms with Gasteiger partial charge >= 0.3 is 0 Å². The second-order valence-corrected chi connectivity index (χ2v) is 6.99. The van der Waals surface area contributed by atoms with Gasteiger partial charge in [0.2, 0.25) is 0 Å². The van der Waals surface area contributed by atoms with Crippen molar-refractivity contribution in [2.75, 3.05) is 7.11 Å². The molecule has 1 aromatic rings. The normalized spacial score (nSPS) is 39.0. The lowest BCUT2D eigenvalue weighted by atomic mass is 9.86. The summed E-state index contributed by atoms with van der Waals surface area (Å²) in [7, 11) is 1.84. The molecule has 1 N–H and O–H groups in total. The van der Waals surface area contributed by atoms with Crippen LogP contribution in [-0.2, 0) is 17.6 Å². The number of hydrogen-bond donors (Lipinski definition) is 1. The highest BCUT2D eigenvalue weighted by Crippen LogP contribution is 2.41. The summed E-state index contributed by atoms with van der Waals surface area (Å²) in [5, 5.41) is 3.98. The summed E-state index contributed by atoms with van der Waals surface area (Å²) in [6.45, 7) is 0. The molecule has 0 aromatic heterocycles. The average Bonchev–Trinajstić information content (AvgIpc) is 2.68. The molecule has 2 fully saturated rings. The zero-order chi connectivity index (χ0) is 13.5. The molecule has 3 aliphatic carbocycles. The van der Waals surface area contributed by atoms with Crippen LogP contribution in [0.1, 0.15) is 36.8 Å². The van der Waals surface area contributed by atoms with Gasteiger partial charge in [-0.25, -0.2) is 0 Å². The molecular formula is C18H25NO. The van der Waals surface area contributed by atoms with Crippen LogP contribution in [0.15, 0.2) is 24.3 Å². The highest BCUT2D eigenvalue weighted by molar-refractivity contribution is 5.31. The Morgan fingerprint density at radius 1 is 1.00 bits per heavy atom. The average molecular weight is 271 g/mol. The molecule has 0 spiro atoms. The summed E-state index contributed by atoms with van der Waals surface area (Å²) in [5.74, 6) is 1.70. The molecule has 2 heteroatoms. The second-order valence-electron chi connectivity index (χ2n) is 6.99. The van der Waals surface area contributed by atoms with Gasteiger partial charge in [-0.1, -0.05) is 24.3 Å². The standard InChI is InChI=1S/C18H25NO/c1-20-17-10-16(11-17)19-18-14-6-7-15(18)9-13-5-3-2-4-12(13)8-14/h2-5,14-19H,6-11H2,1H3. The van der Waals surface area contributed by atoms with E-state index in [2.05, 4.69) is 29.6 Å². The Morgan fingerprint density at radius 2 is 1.60 bits per heavy atom. The van der Waals surface area contributed by atoms with Gasteiger partial charge in [0.1, 0.15) is 0 Å². The molecule has 108 valence electrons. The van der Waals surface area contributed by atoms with Crippen molar-refractivity contribution in [2.45, 2.75) is 56.7 Å². The van der Waals surface area contributed by atoms with Crippen LogP contribution >= 0.6 is 0 Å². The molecule has 2 bridgehead atoms. The van der Waals surface area contributed by atoms with Crippen LogP contribution in [0, 0.1) is 11.8 Å². The third-order valence-electron chi connectivity index (χ3n) is 5.86. The number of rotatable bonds is 3. The van der Waals surface area contributed by atoms with Gasteiger partial charge in [-0.15, -0.1) is 0 Å². The Balaban J connectivity index is 1.47. The van der Waals surface area contributed by atoms with Gasteiger partial charge in [-0.3, -0.25) is 0 Å². The van der Waals surface area contributed by atoms with Crippen molar-refractivity contribution in [1.82, 2.24) is 5.32 Å². The molecule has 4 rings (SSSR count). The van der Waals surface area contributed by atoms with Crippen LogP contribution < -0.4 is 5.32 Å². The quantitative estimate of drug-likeness (QED) is 0.912. The van der Waals surface area contributed by atoms with Crippen LogP contribution in [-0.4, -0.2) is 25.3 Å². The van der Waals surface area contributed by atoms with Gasteiger partial charge in [-0.05, 0) is 61.5 Å². The lowest BCUT2D eigenvalue weighted by Crippen LogP contribution is -2.52. The van der Waals surface area contributed by atoms with E-state index in [1.807, 2.05) is 7.11 Å². The van der Waals surface area contributed by atoms with E-state index in [0.29, 0.717) is 12.1 Å². The molecule has 0 aliphatic heterocycles. The van der Waals surface area contributed by atoms with Crippen LogP contribution in [0.25, 0.3) is 0 Å². The first-order valence-corrected chi connectivity index (χ1v) is 8.19. The molecule has 0 saturated heterocycles. The summed E-state index contributed by atoms with van der Waals surface area (Å²) < 4.78 is 5.41. The Morgan fingerprint density at radius 3 is 2.15 bits per heavy atom. The van der Waals surface area contributed by atoms with Crippen molar-refractivity contribution in [2.24, 2.45) is 11.8 Å². The zero-order valence-electron chi connectivity index (χ0n) is 12.3. The Labute approximate surface area is 121 Å². The summed E-state index contributed by atoms with van der Waals surface area (Å²) >= 11 is 0. The number of methoxy groups -OCH3 is 1.